The number of hydrogen-bond donors (Lipinski definition) is 1. The van der Waals surface area contributed by atoms with E-state index in [0.717, 1.165) is 36.4 Å². The van der Waals surface area contributed by atoms with Gasteiger partial charge in [0.15, 0.2) is 0 Å². The predicted octanol–water partition coefficient (Wildman–Crippen LogP) is 3.20. The Morgan fingerprint density at radius 3 is 2.68 bits per heavy atom. The SMILES string of the molecule is COc1ccc(OC)c(NC2CCCCC2C#N)c1. The molecule has 1 aromatic rings. The molecule has 0 spiro atoms. The lowest BCUT2D eigenvalue weighted by Gasteiger charge is -2.29. The van der Waals surface area contributed by atoms with Gasteiger partial charge in [-0.1, -0.05) is 12.8 Å². The molecule has 0 radical (unpaired) electrons. The molecule has 0 aromatic heterocycles. The van der Waals surface area contributed by atoms with Gasteiger partial charge in [-0.05, 0) is 25.0 Å². The van der Waals surface area contributed by atoms with Crippen molar-refractivity contribution in [3.63, 3.8) is 0 Å². The van der Waals surface area contributed by atoms with E-state index in [0.29, 0.717) is 0 Å². The molecule has 0 amide bonds. The van der Waals surface area contributed by atoms with Crippen LogP contribution in [0.2, 0.25) is 0 Å². The number of rotatable bonds is 4. The molecule has 1 fully saturated rings. The van der Waals surface area contributed by atoms with E-state index < -0.39 is 0 Å². The first kappa shape index (κ1) is 13.5. The Morgan fingerprint density at radius 2 is 2.00 bits per heavy atom. The van der Waals surface area contributed by atoms with Gasteiger partial charge in [0.25, 0.3) is 0 Å². The summed E-state index contributed by atoms with van der Waals surface area (Å²) in [6.07, 6.45) is 4.31. The molecule has 0 heterocycles. The van der Waals surface area contributed by atoms with E-state index in [1.54, 1.807) is 14.2 Å². The molecule has 0 aliphatic heterocycles. The van der Waals surface area contributed by atoms with Gasteiger partial charge in [0.2, 0.25) is 0 Å². The minimum Gasteiger partial charge on any atom is -0.497 e. The zero-order valence-electron chi connectivity index (χ0n) is 11.5. The first-order valence-corrected chi connectivity index (χ1v) is 6.66. The van der Waals surface area contributed by atoms with Crippen LogP contribution in [0, 0.1) is 17.2 Å². The summed E-state index contributed by atoms with van der Waals surface area (Å²) in [5, 5.41) is 12.7. The van der Waals surface area contributed by atoms with Crippen molar-refractivity contribution >= 4 is 5.69 Å². The number of ether oxygens (including phenoxy) is 2. The second-order valence-corrected chi connectivity index (χ2v) is 4.84. The normalized spacial score (nSPS) is 22.4. The molecule has 2 atom stereocenters. The summed E-state index contributed by atoms with van der Waals surface area (Å²) in [5.74, 6) is 1.64. The van der Waals surface area contributed by atoms with Crippen molar-refractivity contribution in [2.75, 3.05) is 19.5 Å². The van der Waals surface area contributed by atoms with Crippen LogP contribution in [0.3, 0.4) is 0 Å². The maximum absolute atomic E-state index is 9.22. The monoisotopic (exact) mass is 260 g/mol. The van der Waals surface area contributed by atoms with Crippen LogP contribution in [0.5, 0.6) is 11.5 Å². The molecule has 1 aliphatic rings. The highest BCUT2D eigenvalue weighted by atomic mass is 16.5. The van der Waals surface area contributed by atoms with Crippen LogP contribution in [0.4, 0.5) is 5.69 Å². The standard InChI is InChI=1S/C15H20N2O2/c1-18-12-7-8-15(19-2)14(9-12)17-13-6-4-3-5-11(13)10-16/h7-9,11,13,17H,3-6H2,1-2H3. The Kier molecular flexibility index (Phi) is 4.51. The molecule has 0 bridgehead atoms. The zero-order valence-corrected chi connectivity index (χ0v) is 11.5. The van der Waals surface area contributed by atoms with Gasteiger partial charge >= 0.3 is 0 Å². The lowest BCUT2D eigenvalue weighted by Crippen LogP contribution is -2.31. The summed E-state index contributed by atoms with van der Waals surface area (Å²) in [6.45, 7) is 0. The van der Waals surface area contributed by atoms with Gasteiger partial charge in [-0.25, -0.2) is 0 Å². The molecule has 0 saturated heterocycles. The highest BCUT2D eigenvalue weighted by molar-refractivity contribution is 5.60. The van der Waals surface area contributed by atoms with E-state index in [9.17, 15) is 5.26 Å². The van der Waals surface area contributed by atoms with Crippen LogP contribution in [0.15, 0.2) is 18.2 Å². The first-order valence-electron chi connectivity index (χ1n) is 6.66. The third-order valence-corrected chi connectivity index (χ3v) is 3.68. The van der Waals surface area contributed by atoms with E-state index in [2.05, 4.69) is 11.4 Å². The summed E-state index contributed by atoms with van der Waals surface area (Å²) in [7, 11) is 3.29. The second kappa shape index (κ2) is 6.33. The summed E-state index contributed by atoms with van der Waals surface area (Å²) in [4.78, 5) is 0. The van der Waals surface area contributed by atoms with E-state index >= 15 is 0 Å². The van der Waals surface area contributed by atoms with Crippen LogP contribution in [-0.2, 0) is 0 Å². The molecule has 19 heavy (non-hydrogen) atoms. The molecular weight excluding hydrogens is 240 g/mol. The van der Waals surface area contributed by atoms with Crippen molar-refractivity contribution < 1.29 is 9.47 Å². The van der Waals surface area contributed by atoms with Crippen LogP contribution in [-0.4, -0.2) is 20.3 Å². The molecule has 1 aliphatic carbocycles. The fourth-order valence-electron chi connectivity index (χ4n) is 2.58. The van der Waals surface area contributed by atoms with Crippen molar-refractivity contribution in [3.05, 3.63) is 18.2 Å². The molecule has 2 unspecified atom stereocenters. The third-order valence-electron chi connectivity index (χ3n) is 3.68. The maximum atomic E-state index is 9.22. The van der Waals surface area contributed by atoms with Crippen molar-refractivity contribution in [1.29, 1.82) is 5.26 Å². The molecule has 1 saturated carbocycles. The molecule has 4 heteroatoms. The van der Waals surface area contributed by atoms with Gasteiger partial charge in [0.05, 0.1) is 31.9 Å². The summed E-state index contributed by atoms with van der Waals surface area (Å²) >= 11 is 0. The Bertz CT molecular complexity index is 468. The van der Waals surface area contributed by atoms with Crippen LogP contribution >= 0.6 is 0 Å². The van der Waals surface area contributed by atoms with E-state index in [-0.39, 0.29) is 12.0 Å². The number of nitrogens with one attached hydrogen (secondary N) is 1. The van der Waals surface area contributed by atoms with Gasteiger partial charge in [-0.3, -0.25) is 0 Å². The zero-order chi connectivity index (χ0) is 13.7. The van der Waals surface area contributed by atoms with Crippen molar-refractivity contribution in [1.82, 2.24) is 0 Å². The van der Waals surface area contributed by atoms with Gasteiger partial charge < -0.3 is 14.8 Å². The fraction of sp³-hybridized carbons (Fsp3) is 0.533. The highest BCUT2D eigenvalue weighted by Gasteiger charge is 2.25. The smallest absolute Gasteiger partial charge is 0.142 e. The number of hydrogen-bond acceptors (Lipinski definition) is 4. The lowest BCUT2D eigenvalue weighted by atomic mass is 9.85. The lowest BCUT2D eigenvalue weighted by molar-refractivity contribution is 0.382. The summed E-state index contributed by atoms with van der Waals surface area (Å²) < 4.78 is 10.6. The Morgan fingerprint density at radius 1 is 1.21 bits per heavy atom. The minimum absolute atomic E-state index is 0.0738. The van der Waals surface area contributed by atoms with E-state index in [1.165, 1.54) is 6.42 Å². The quantitative estimate of drug-likeness (QED) is 0.903. The third kappa shape index (κ3) is 3.11. The van der Waals surface area contributed by atoms with Crippen LogP contribution in [0.25, 0.3) is 0 Å². The first-order chi connectivity index (χ1) is 9.28. The number of anilines is 1. The Balaban J connectivity index is 2.19. The minimum atomic E-state index is 0.0738. The average Bonchev–Trinajstić information content (AvgIpc) is 2.47. The van der Waals surface area contributed by atoms with Gasteiger partial charge in [-0.15, -0.1) is 0 Å². The van der Waals surface area contributed by atoms with Crippen molar-refractivity contribution in [2.24, 2.45) is 5.92 Å². The van der Waals surface area contributed by atoms with Gasteiger partial charge in [0, 0.05) is 12.1 Å². The van der Waals surface area contributed by atoms with Gasteiger partial charge in [-0.2, -0.15) is 5.26 Å². The Hall–Kier alpha value is -1.89. The molecule has 2 rings (SSSR count). The fourth-order valence-corrected chi connectivity index (χ4v) is 2.58. The number of nitrogens with zero attached hydrogens (tertiary/aromatic N) is 1. The highest BCUT2D eigenvalue weighted by Crippen LogP contribution is 2.33. The number of benzene rings is 1. The summed E-state index contributed by atoms with van der Waals surface area (Å²) in [5.41, 5.74) is 0.897. The largest absolute Gasteiger partial charge is 0.497 e. The maximum Gasteiger partial charge on any atom is 0.142 e. The van der Waals surface area contributed by atoms with Crippen LogP contribution in [0.1, 0.15) is 25.7 Å². The van der Waals surface area contributed by atoms with Crippen molar-refractivity contribution in [2.45, 2.75) is 31.7 Å². The molecular formula is C15H20N2O2. The Labute approximate surface area is 114 Å². The molecule has 102 valence electrons. The second-order valence-electron chi connectivity index (χ2n) is 4.84. The number of methoxy groups -OCH3 is 2. The predicted molar refractivity (Wildman–Crippen MR) is 74.5 cm³/mol. The van der Waals surface area contributed by atoms with Crippen LogP contribution < -0.4 is 14.8 Å². The van der Waals surface area contributed by atoms with Gasteiger partial charge in [0.1, 0.15) is 11.5 Å². The topological polar surface area (TPSA) is 54.3 Å². The van der Waals surface area contributed by atoms with E-state index in [4.69, 9.17) is 9.47 Å². The number of nitriles is 1. The van der Waals surface area contributed by atoms with E-state index in [1.807, 2.05) is 18.2 Å². The van der Waals surface area contributed by atoms with Crippen molar-refractivity contribution in [3.8, 4) is 17.6 Å². The molecule has 1 N–H and O–H groups in total. The summed E-state index contributed by atoms with van der Waals surface area (Å²) in [6, 6.07) is 8.27. The average molecular weight is 260 g/mol. The molecule has 4 nitrogen and oxygen atoms in total. The molecule has 1 aromatic carbocycles.